The number of hydrogen-bond donors (Lipinski definition) is 1. The van der Waals surface area contributed by atoms with Crippen LogP contribution in [0.5, 0.6) is 0 Å². The second kappa shape index (κ2) is 6.30. The number of carbonyl (C=O) groups excluding carboxylic acids is 1. The maximum absolute atomic E-state index is 13.5. The summed E-state index contributed by atoms with van der Waals surface area (Å²) in [6, 6.07) is 7.96. The number of aromatic nitrogens is 1. The molecule has 5 heteroatoms. The van der Waals surface area contributed by atoms with E-state index in [4.69, 9.17) is 11.6 Å². The molecule has 3 nitrogen and oxygen atoms in total. The van der Waals surface area contributed by atoms with E-state index in [1.165, 1.54) is 24.3 Å². The molecule has 0 aliphatic heterocycles. The predicted molar refractivity (Wildman–Crippen MR) is 78.0 cm³/mol. The molecule has 0 unspecified atom stereocenters. The molecule has 1 aromatic carbocycles. The van der Waals surface area contributed by atoms with Crippen molar-refractivity contribution in [2.24, 2.45) is 0 Å². The first-order chi connectivity index (χ1) is 9.58. The van der Waals surface area contributed by atoms with Gasteiger partial charge in [-0.1, -0.05) is 23.7 Å². The summed E-state index contributed by atoms with van der Waals surface area (Å²) in [5.74, 6) is -0.400. The van der Waals surface area contributed by atoms with Crippen molar-refractivity contribution in [3.8, 4) is 0 Å². The first-order valence-corrected chi connectivity index (χ1v) is 6.30. The van der Waals surface area contributed by atoms with Gasteiger partial charge in [0.25, 0.3) is 0 Å². The molecular formula is C15H12ClFN2O. The molecule has 1 aromatic heterocycles. The maximum atomic E-state index is 13.5. The van der Waals surface area contributed by atoms with Crippen LogP contribution in [0.15, 0.2) is 42.6 Å². The lowest BCUT2D eigenvalue weighted by Gasteiger charge is -2.04. The third-order valence-corrected chi connectivity index (χ3v) is 2.98. The number of halogens is 2. The van der Waals surface area contributed by atoms with Gasteiger partial charge in [-0.05, 0) is 36.8 Å². The SMILES string of the molecule is Cc1cccnc1NC(=O)/C=C/c1c(F)cccc1Cl. The number of pyridine rings is 1. The summed E-state index contributed by atoms with van der Waals surface area (Å²) in [4.78, 5) is 15.8. The van der Waals surface area contributed by atoms with Gasteiger partial charge in [-0.2, -0.15) is 0 Å². The summed E-state index contributed by atoms with van der Waals surface area (Å²) < 4.78 is 13.5. The number of nitrogens with zero attached hydrogens (tertiary/aromatic N) is 1. The van der Waals surface area contributed by atoms with E-state index in [-0.39, 0.29) is 10.6 Å². The average Bonchev–Trinajstić information content (AvgIpc) is 2.41. The Bertz CT molecular complexity index is 650. The Kier molecular flexibility index (Phi) is 4.48. The molecule has 1 N–H and O–H groups in total. The second-order valence-corrected chi connectivity index (χ2v) is 4.53. The van der Waals surface area contributed by atoms with Crippen molar-refractivity contribution in [2.75, 3.05) is 5.32 Å². The lowest BCUT2D eigenvalue weighted by molar-refractivity contribution is -0.111. The Morgan fingerprint density at radius 2 is 2.15 bits per heavy atom. The number of amides is 1. The fourth-order valence-electron chi connectivity index (χ4n) is 1.60. The zero-order chi connectivity index (χ0) is 14.5. The van der Waals surface area contributed by atoms with E-state index in [1.807, 2.05) is 13.0 Å². The molecule has 0 spiro atoms. The van der Waals surface area contributed by atoms with Gasteiger partial charge >= 0.3 is 0 Å². The smallest absolute Gasteiger partial charge is 0.249 e. The molecule has 0 saturated heterocycles. The van der Waals surface area contributed by atoms with Gasteiger partial charge in [0.15, 0.2) is 0 Å². The minimum absolute atomic E-state index is 0.182. The van der Waals surface area contributed by atoms with Crippen LogP contribution in [0.1, 0.15) is 11.1 Å². The second-order valence-electron chi connectivity index (χ2n) is 4.13. The molecule has 1 heterocycles. The first-order valence-electron chi connectivity index (χ1n) is 5.92. The van der Waals surface area contributed by atoms with E-state index in [0.717, 1.165) is 5.56 Å². The Labute approximate surface area is 121 Å². The minimum Gasteiger partial charge on any atom is -0.307 e. The van der Waals surface area contributed by atoms with Gasteiger partial charge < -0.3 is 5.32 Å². The summed E-state index contributed by atoms with van der Waals surface area (Å²) in [5, 5.41) is 2.87. The molecule has 2 rings (SSSR count). The highest BCUT2D eigenvalue weighted by molar-refractivity contribution is 6.32. The lowest BCUT2D eigenvalue weighted by Crippen LogP contribution is -2.10. The molecule has 0 aliphatic carbocycles. The third kappa shape index (κ3) is 3.42. The normalized spacial score (nSPS) is 10.8. The molecule has 2 aromatic rings. The zero-order valence-electron chi connectivity index (χ0n) is 10.7. The molecule has 1 amide bonds. The van der Waals surface area contributed by atoms with Crippen molar-refractivity contribution in [2.45, 2.75) is 6.92 Å². The van der Waals surface area contributed by atoms with E-state index >= 15 is 0 Å². The van der Waals surface area contributed by atoms with Crippen molar-refractivity contribution in [1.82, 2.24) is 4.98 Å². The van der Waals surface area contributed by atoms with Crippen LogP contribution < -0.4 is 5.32 Å². The highest BCUT2D eigenvalue weighted by atomic mass is 35.5. The summed E-state index contributed by atoms with van der Waals surface area (Å²) in [7, 11) is 0. The number of hydrogen-bond acceptors (Lipinski definition) is 2. The van der Waals surface area contributed by atoms with Crippen molar-refractivity contribution in [1.29, 1.82) is 0 Å². The van der Waals surface area contributed by atoms with Crippen LogP contribution in [0.4, 0.5) is 10.2 Å². The van der Waals surface area contributed by atoms with Gasteiger partial charge in [-0.15, -0.1) is 0 Å². The van der Waals surface area contributed by atoms with Crippen molar-refractivity contribution in [3.63, 3.8) is 0 Å². The van der Waals surface area contributed by atoms with E-state index in [1.54, 1.807) is 18.3 Å². The van der Waals surface area contributed by atoms with Crippen LogP contribution in [-0.2, 0) is 4.79 Å². The van der Waals surface area contributed by atoms with Crippen molar-refractivity contribution < 1.29 is 9.18 Å². The molecule has 0 radical (unpaired) electrons. The third-order valence-electron chi connectivity index (χ3n) is 2.65. The summed E-state index contributed by atoms with van der Waals surface area (Å²) in [5.41, 5.74) is 1.03. The van der Waals surface area contributed by atoms with Crippen LogP contribution in [-0.4, -0.2) is 10.9 Å². The summed E-state index contributed by atoms with van der Waals surface area (Å²) >= 11 is 5.86. The molecule has 0 bridgehead atoms. The number of aryl methyl sites for hydroxylation is 1. The molecular weight excluding hydrogens is 279 g/mol. The van der Waals surface area contributed by atoms with E-state index in [9.17, 15) is 9.18 Å². The Balaban J connectivity index is 2.12. The number of carbonyl (C=O) groups is 1. The Morgan fingerprint density at radius 1 is 1.35 bits per heavy atom. The minimum atomic E-state index is -0.476. The highest BCUT2D eigenvalue weighted by Crippen LogP contribution is 2.20. The van der Waals surface area contributed by atoms with Gasteiger partial charge in [-0.3, -0.25) is 4.79 Å². The maximum Gasteiger partial charge on any atom is 0.249 e. The van der Waals surface area contributed by atoms with E-state index < -0.39 is 11.7 Å². The van der Waals surface area contributed by atoms with Crippen LogP contribution in [0.3, 0.4) is 0 Å². The quantitative estimate of drug-likeness (QED) is 0.873. The zero-order valence-corrected chi connectivity index (χ0v) is 11.5. The van der Waals surface area contributed by atoms with Gasteiger partial charge in [0.1, 0.15) is 11.6 Å². The van der Waals surface area contributed by atoms with Crippen molar-refractivity contribution >= 4 is 29.4 Å². The standard InChI is InChI=1S/C15H12ClFN2O/c1-10-4-3-9-18-15(10)19-14(20)8-7-11-12(16)5-2-6-13(11)17/h2-9H,1H3,(H,18,19,20)/b8-7+. The van der Waals surface area contributed by atoms with E-state index in [0.29, 0.717) is 5.82 Å². The number of nitrogens with one attached hydrogen (secondary N) is 1. The van der Waals surface area contributed by atoms with Crippen LogP contribution >= 0.6 is 11.6 Å². The number of anilines is 1. The van der Waals surface area contributed by atoms with Gasteiger partial charge in [0.2, 0.25) is 5.91 Å². The molecule has 102 valence electrons. The van der Waals surface area contributed by atoms with Crippen LogP contribution in [0.2, 0.25) is 5.02 Å². The summed E-state index contributed by atoms with van der Waals surface area (Å²) in [6.07, 6.45) is 4.14. The molecule has 0 atom stereocenters. The largest absolute Gasteiger partial charge is 0.307 e. The van der Waals surface area contributed by atoms with Crippen LogP contribution in [0.25, 0.3) is 6.08 Å². The molecule has 0 aliphatic rings. The topological polar surface area (TPSA) is 42.0 Å². The van der Waals surface area contributed by atoms with Gasteiger partial charge in [-0.25, -0.2) is 9.37 Å². The Hall–Kier alpha value is -2.20. The first kappa shape index (κ1) is 14.2. The van der Waals surface area contributed by atoms with Crippen molar-refractivity contribution in [3.05, 3.63) is 64.6 Å². The molecule has 20 heavy (non-hydrogen) atoms. The highest BCUT2D eigenvalue weighted by Gasteiger charge is 2.05. The lowest BCUT2D eigenvalue weighted by atomic mass is 10.2. The van der Waals surface area contributed by atoms with E-state index in [2.05, 4.69) is 10.3 Å². The van der Waals surface area contributed by atoms with Crippen LogP contribution in [0, 0.1) is 12.7 Å². The molecule has 0 fully saturated rings. The van der Waals surface area contributed by atoms with Gasteiger partial charge in [0, 0.05) is 17.8 Å². The average molecular weight is 291 g/mol. The Morgan fingerprint density at radius 3 is 2.85 bits per heavy atom. The fourth-order valence-corrected chi connectivity index (χ4v) is 1.83. The molecule has 0 saturated carbocycles. The predicted octanol–water partition coefficient (Wildman–Crippen LogP) is 3.83. The summed E-state index contributed by atoms with van der Waals surface area (Å²) in [6.45, 7) is 1.83. The van der Waals surface area contributed by atoms with Gasteiger partial charge in [0.05, 0.1) is 5.02 Å². The monoisotopic (exact) mass is 290 g/mol. The number of rotatable bonds is 3. The fraction of sp³-hybridized carbons (Fsp3) is 0.0667. The number of benzene rings is 1.